The highest BCUT2D eigenvalue weighted by atomic mass is 32.2. The summed E-state index contributed by atoms with van der Waals surface area (Å²) >= 11 is 0. The molecule has 0 aromatic carbocycles. The Balaban J connectivity index is 1.90. The molecule has 1 atom stereocenters. The Morgan fingerprint density at radius 1 is 1.12 bits per heavy atom. The maximum atomic E-state index is 12.1. The van der Waals surface area contributed by atoms with Crippen LogP contribution in [0.15, 0.2) is 0 Å². The fraction of sp³-hybridized carbons (Fsp3) is 0.909. The van der Waals surface area contributed by atoms with E-state index in [1.165, 1.54) is 0 Å². The maximum absolute atomic E-state index is 12.1. The van der Waals surface area contributed by atoms with Gasteiger partial charge in [-0.15, -0.1) is 0 Å². The monoisotopic (exact) mass is 260 g/mol. The van der Waals surface area contributed by atoms with Crippen molar-refractivity contribution in [1.82, 2.24) is 10.0 Å². The Hall–Kier alpha value is -0.620. The lowest BCUT2D eigenvalue weighted by atomic mass is 10.0. The van der Waals surface area contributed by atoms with E-state index >= 15 is 0 Å². The Kier molecular flexibility index (Phi) is 4.04. The largest absolute Gasteiger partial charge is 0.355 e. The first-order chi connectivity index (χ1) is 8.08. The molecule has 0 radical (unpaired) electrons. The van der Waals surface area contributed by atoms with Crippen LogP contribution in [0.25, 0.3) is 0 Å². The predicted molar refractivity (Wildman–Crippen MR) is 65.0 cm³/mol. The van der Waals surface area contributed by atoms with Gasteiger partial charge in [-0.2, -0.15) is 0 Å². The summed E-state index contributed by atoms with van der Waals surface area (Å²) < 4.78 is 27.0. The van der Waals surface area contributed by atoms with Gasteiger partial charge in [-0.05, 0) is 19.3 Å². The van der Waals surface area contributed by atoms with Crippen molar-refractivity contribution >= 4 is 15.9 Å². The van der Waals surface area contributed by atoms with Crippen LogP contribution in [0, 0.1) is 0 Å². The van der Waals surface area contributed by atoms with Crippen molar-refractivity contribution < 1.29 is 13.2 Å². The zero-order valence-electron chi connectivity index (χ0n) is 9.94. The third-order valence-corrected chi connectivity index (χ3v) is 5.60. The van der Waals surface area contributed by atoms with Crippen molar-refractivity contribution in [1.29, 1.82) is 0 Å². The van der Waals surface area contributed by atoms with Crippen LogP contribution in [0.5, 0.6) is 0 Å². The van der Waals surface area contributed by atoms with Crippen molar-refractivity contribution in [2.45, 2.75) is 56.2 Å². The second-order valence-corrected chi connectivity index (χ2v) is 6.95. The maximum Gasteiger partial charge on any atom is 0.220 e. The van der Waals surface area contributed by atoms with E-state index in [1.807, 2.05) is 0 Å². The second kappa shape index (κ2) is 5.35. The molecule has 2 rings (SSSR count). The van der Waals surface area contributed by atoms with Gasteiger partial charge in [0.05, 0.1) is 5.25 Å². The minimum absolute atomic E-state index is 0.0121. The zero-order valence-corrected chi connectivity index (χ0v) is 10.8. The second-order valence-electron chi connectivity index (χ2n) is 4.96. The highest BCUT2D eigenvalue weighted by Crippen LogP contribution is 2.23. The Labute approximate surface area is 102 Å². The van der Waals surface area contributed by atoms with Crippen molar-refractivity contribution in [2.75, 3.05) is 6.54 Å². The van der Waals surface area contributed by atoms with Crippen molar-refractivity contribution in [3.63, 3.8) is 0 Å². The van der Waals surface area contributed by atoms with Gasteiger partial charge in [0.15, 0.2) is 0 Å². The van der Waals surface area contributed by atoms with Gasteiger partial charge in [0.2, 0.25) is 15.9 Å². The molecule has 17 heavy (non-hydrogen) atoms. The predicted octanol–water partition coefficient (Wildman–Crippen LogP) is 0.517. The molecule has 0 spiro atoms. The van der Waals surface area contributed by atoms with Gasteiger partial charge in [0, 0.05) is 19.0 Å². The molecule has 1 saturated heterocycles. The molecule has 1 unspecified atom stereocenters. The molecule has 2 N–H and O–H groups in total. The van der Waals surface area contributed by atoms with Crippen LogP contribution in [-0.4, -0.2) is 32.2 Å². The van der Waals surface area contributed by atoms with Gasteiger partial charge in [-0.25, -0.2) is 13.1 Å². The quantitative estimate of drug-likeness (QED) is 0.776. The molecule has 6 heteroatoms. The number of amides is 1. The number of carbonyl (C=O) groups excluding carboxylic acids is 1. The van der Waals surface area contributed by atoms with Gasteiger partial charge in [0.1, 0.15) is 0 Å². The van der Waals surface area contributed by atoms with E-state index in [0.717, 1.165) is 32.1 Å². The minimum atomic E-state index is -3.20. The number of hydrogen-bond donors (Lipinski definition) is 2. The third-order valence-electron chi connectivity index (χ3n) is 3.59. The van der Waals surface area contributed by atoms with Crippen LogP contribution in [0.3, 0.4) is 0 Å². The zero-order chi connectivity index (χ0) is 12.3. The molecule has 1 heterocycles. The molecular weight excluding hydrogens is 240 g/mol. The van der Waals surface area contributed by atoms with E-state index in [1.54, 1.807) is 0 Å². The Bertz CT molecular complexity index is 364. The molecule has 0 bridgehead atoms. The molecule has 1 aliphatic heterocycles. The SMILES string of the molecule is O=C1CCC(NS(=O)(=O)C2CCCCC2)CN1. The summed E-state index contributed by atoms with van der Waals surface area (Å²) in [6.45, 7) is 0.421. The highest BCUT2D eigenvalue weighted by molar-refractivity contribution is 7.90. The summed E-state index contributed by atoms with van der Waals surface area (Å²) in [5, 5.41) is 2.46. The molecule has 2 aliphatic rings. The van der Waals surface area contributed by atoms with Crippen LogP contribution in [0.4, 0.5) is 0 Å². The summed E-state index contributed by atoms with van der Waals surface area (Å²) in [6, 6.07) is -0.125. The van der Waals surface area contributed by atoms with E-state index in [0.29, 0.717) is 19.4 Å². The van der Waals surface area contributed by atoms with Crippen molar-refractivity contribution in [2.24, 2.45) is 0 Å². The standard InChI is InChI=1S/C11H20N2O3S/c14-11-7-6-9(8-12-11)13-17(15,16)10-4-2-1-3-5-10/h9-10,13H,1-8H2,(H,12,14). The fourth-order valence-corrected chi connectivity index (χ4v) is 4.35. The van der Waals surface area contributed by atoms with Crippen molar-refractivity contribution in [3.05, 3.63) is 0 Å². The lowest BCUT2D eigenvalue weighted by Crippen LogP contribution is -2.50. The topological polar surface area (TPSA) is 75.3 Å². The van der Waals surface area contributed by atoms with Gasteiger partial charge in [-0.3, -0.25) is 4.79 Å². The normalized spacial score (nSPS) is 27.8. The number of rotatable bonds is 3. The molecule has 0 aromatic rings. The number of piperidine rings is 1. The molecule has 98 valence electrons. The minimum Gasteiger partial charge on any atom is -0.355 e. The molecule has 1 aliphatic carbocycles. The molecule has 2 fully saturated rings. The Morgan fingerprint density at radius 3 is 2.41 bits per heavy atom. The van der Waals surface area contributed by atoms with Gasteiger partial charge < -0.3 is 5.32 Å². The van der Waals surface area contributed by atoms with Crippen LogP contribution in [0.2, 0.25) is 0 Å². The average molecular weight is 260 g/mol. The van der Waals surface area contributed by atoms with E-state index in [9.17, 15) is 13.2 Å². The Morgan fingerprint density at radius 2 is 1.82 bits per heavy atom. The van der Waals surface area contributed by atoms with Gasteiger partial charge >= 0.3 is 0 Å². The lowest BCUT2D eigenvalue weighted by Gasteiger charge is -2.27. The number of hydrogen-bond acceptors (Lipinski definition) is 3. The van der Waals surface area contributed by atoms with Crippen LogP contribution in [0.1, 0.15) is 44.9 Å². The van der Waals surface area contributed by atoms with Crippen molar-refractivity contribution in [3.8, 4) is 0 Å². The van der Waals surface area contributed by atoms with Crippen LogP contribution in [-0.2, 0) is 14.8 Å². The van der Waals surface area contributed by atoms with Gasteiger partial charge in [-0.1, -0.05) is 19.3 Å². The summed E-state index contributed by atoms with van der Waals surface area (Å²) in [5.41, 5.74) is 0. The molecule has 5 nitrogen and oxygen atoms in total. The van der Waals surface area contributed by atoms with E-state index < -0.39 is 10.0 Å². The third kappa shape index (κ3) is 3.42. The first-order valence-electron chi connectivity index (χ1n) is 6.36. The average Bonchev–Trinajstić information content (AvgIpc) is 2.33. The smallest absolute Gasteiger partial charge is 0.220 e. The van der Waals surface area contributed by atoms with E-state index in [4.69, 9.17) is 0 Å². The van der Waals surface area contributed by atoms with Crippen LogP contribution >= 0.6 is 0 Å². The molecule has 0 aromatic heterocycles. The van der Waals surface area contributed by atoms with E-state index in [-0.39, 0.29) is 17.2 Å². The van der Waals surface area contributed by atoms with Crippen LogP contribution < -0.4 is 10.0 Å². The lowest BCUT2D eigenvalue weighted by molar-refractivity contribution is -0.122. The van der Waals surface area contributed by atoms with Gasteiger partial charge in [0.25, 0.3) is 0 Å². The fourth-order valence-electron chi connectivity index (χ4n) is 2.54. The number of sulfonamides is 1. The van der Waals surface area contributed by atoms with E-state index in [2.05, 4.69) is 10.0 Å². The summed E-state index contributed by atoms with van der Waals surface area (Å²) in [7, 11) is -3.20. The molecule has 1 saturated carbocycles. The first kappa shape index (κ1) is 12.8. The summed E-state index contributed by atoms with van der Waals surface area (Å²) in [5.74, 6) is 0.0121. The molecule has 1 amide bonds. The first-order valence-corrected chi connectivity index (χ1v) is 7.90. The summed E-state index contributed by atoms with van der Waals surface area (Å²) in [4.78, 5) is 11.0. The molecular formula is C11H20N2O3S. The number of nitrogens with one attached hydrogen (secondary N) is 2. The summed E-state index contributed by atoms with van der Waals surface area (Å²) in [6.07, 6.45) is 5.73. The highest BCUT2D eigenvalue weighted by Gasteiger charge is 2.30. The number of carbonyl (C=O) groups is 1.